The molecular formula is C17H20O6. The lowest BCUT2D eigenvalue weighted by molar-refractivity contribution is -0.156. The highest BCUT2D eigenvalue weighted by molar-refractivity contribution is 5.82. The first-order valence-corrected chi connectivity index (χ1v) is 7.31. The van der Waals surface area contributed by atoms with Crippen LogP contribution in [0.25, 0.3) is 6.08 Å². The van der Waals surface area contributed by atoms with Crippen LogP contribution >= 0.6 is 0 Å². The molecule has 1 fully saturated rings. The minimum atomic E-state index is -1.19. The van der Waals surface area contributed by atoms with Crippen LogP contribution in [0.3, 0.4) is 0 Å². The fourth-order valence-electron chi connectivity index (χ4n) is 2.21. The maximum absolute atomic E-state index is 11.7. The van der Waals surface area contributed by atoms with E-state index in [1.165, 1.54) is 12.2 Å². The van der Waals surface area contributed by atoms with Gasteiger partial charge in [-0.05, 0) is 5.56 Å². The third-order valence-electron chi connectivity index (χ3n) is 3.44. The van der Waals surface area contributed by atoms with Crippen molar-refractivity contribution in [3.8, 4) is 0 Å². The van der Waals surface area contributed by atoms with Crippen LogP contribution in [-0.2, 0) is 14.3 Å². The molecular weight excluding hydrogens is 300 g/mol. The SMILES string of the molecule is O=C(C=CC=Cc1ccccc1)O[C@H](CO)[C@H]1OC[C@H](O)[C@H]1O. The highest BCUT2D eigenvalue weighted by atomic mass is 16.6. The van der Waals surface area contributed by atoms with Crippen LogP contribution in [0.4, 0.5) is 0 Å². The smallest absolute Gasteiger partial charge is 0.331 e. The number of rotatable bonds is 6. The monoisotopic (exact) mass is 320 g/mol. The maximum atomic E-state index is 11.7. The summed E-state index contributed by atoms with van der Waals surface area (Å²) in [6.45, 7) is -0.566. The van der Waals surface area contributed by atoms with Crippen molar-refractivity contribution in [3.63, 3.8) is 0 Å². The Balaban J connectivity index is 1.85. The molecule has 0 aromatic heterocycles. The van der Waals surface area contributed by atoms with Gasteiger partial charge in [-0.1, -0.05) is 48.6 Å². The molecule has 23 heavy (non-hydrogen) atoms. The maximum Gasteiger partial charge on any atom is 0.331 e. The second-order valence-electron chi connectivity index (χ2n) is 5.14. The van der Waals surface area contributed by atoms with Crippen LogP contribution in [0.1, 0.15) is 5.56 Å². The van der Waals surface area contributed by atoms with Gasteiger partial charge in [-0.3, -0.25) is 0 Å². The number of allylic oxidation sites excluding steroid dienone is 2. The summed E-state index contributed by atoms with van der Waals surface area (Å²) >= 11 is 0. The van der Waals surface area contributed by atoms with Crippen LogP contribution in [0.5, 0.6) is 0 Å². The molecule has 0 aliphatic carbocycles. The zero-order valence-corrected chi connectivity index (χ0v) is 12.5. The largest absolute Gasteiger partial charge is 0.454 e. The number of carbonyl (C=O) groups excluding carboxylic acids is 1. The predicted octanol–water partition coefficient (Wildman–Crippen LogP) is 0.281. The van der Waals surface area contributed by atoms with Gasteiger partial charge < -0.3 is 24.8 Å². The lowest BCUT2D eigenvalue weighted by atomic mass is 10.1. The van der Waals surface area contributed by atoms with Gasteiger partial charge in [-0.25, -0.2) is 4.79 Å². The number of esters is 1. The van der Waals surface area contributed by atoms with Crippen molar-refractivity contribution in [2.75, 3.05) is 13.2 Å². The van der Waals surface area contributed by atoms with Gasteiger partial charge in [0.15, 0.2) is 6.10 Å². The van der Waals surface area contributed by atoms with E-state index in [4.69, 9.17) is 9.47 Å². The van der Waals surface area contributed by atoms with Gasteiger partial charge in [0.2, 0.25) is 0 Å². The molecule has 3 N–H and O–H groups in total. The highest BCUT2D eigenvalue weighted by Gasteiger charge is 2.41. The molecule has 0 saturated carbocycles. The molecule has 1 aromatic carbocycles. The van der Waals surface area contributed by atoms with Crippen molar-refractivity contribution in [1.82, 2.24) is 0 Å². The number of aliphatic hydroxyl groups is 3. The first-order valence-electron chi connectivity index (χ1n) is 7.31. The van der Waals surface area contributed by atoms with E-state index in [1.807, 2.05) is 36.4 Å². The number of carbonyl (C=O) groups is 1. The average molecular weight is 320 g/mol. The van der Waals surface area contributed by atoms with Crippen molar-refractivity contribution >= 4 is 12.0 Å². The molecule has 1 heterocycles. The fourth-order valence-corrected chi connectivity index (χ4v) is 2.21. The number of aliphatic hydroxyl groups excluding tert-OH is 3. The van der Waals surface area contributed by atoms with Crippen LogP contribution in [0.15, 0.2) is 48.6 Å². The molecule has 6 heteroatoms. The lowest BCUT2D eigenvalue weighted by Gasteiger charge is -2.23. The van der Waals surface area contributed by atoms with E-state index in [9.17, 15) is 20.1 Å². The molecule has 1 aliphatic rings. The molecule has 0 amide bonds. The average Bonchev–Trinajstić information content (AvgIpc) is 2.90. The van der Waals surface area contributed by atoms with Gasteiger partial charge in [0, 0.05) is 6.08 Å². The summed E-state index contributed by atoms with van der Waals surface area (Å²) in [4.78, 5) is 11.7. The standard InChI is InChI=1S/C17H20O6/c18-10-14(17-16(21)13(19)11-22-17)23-15(20)9-5-4-8-12-6-2-1-3-7-12/h1-9,13-14,16-19,21H,10-11H2/t13-,14+,16+,17+/m0/s1. The van der Waals surface area contributed by atoms with Crippen LogP contribution in [0, 0.1) is 0 Å². The van der Waals surface area contributed by atoms with E-state index in [0.29, 0.717) is 0 Å². The number of benzene rings is 1. The van der Waals surface area contributed by atoms with Gasteiger partial charge in [-0.15, -0.1) is 0 Å². The lowest BCUT2D eigenvalue weighted by Crippen LogP contribution is -2.42. The molecule has 0 bridgehead atoms. The van der Waals surface area contributed by atoms with Crippen LogP contribution in [0.2, 0.25) is 0 Å². The Labute approximate surface area is 134 Å². The second-order valence-corrected chi connectivity index (χ2v) is 5.14. The second kappa shape index (κ2) is 8.59. The molecule has 6 nitrogen and oxygen atoms in total. The minimum Gasteiger partial charge on any atom is -0.454 e. The zero-order chi connectivity index (χ0) is 16.7. The third-order valence-corrected chi connectivity index (χ3v) is 3.44. The van der Waals surface area contributed by atoms with Gasteiger partial charge in [0.05, 0.1) is 13.2 Å². The van der Waals surface area contributed by atoms with Crippen molar-refractivity contribution in [2.24, 2.45) is 0 Å². The molecule has 1 aliphatic heterocycles. The minimum absolute atomic E-state index is 0.0600. The summed E-state index contributed by atoms with van der Waals surface area (Å²) in [5, 5.41) is 28.4. The Morgan fingerprint density at radius 2 is 2.04 bits per heavy atom. The molecule has 0 spiro atoms. The van der Waals surface area contributed by atoms with Crippen molar-refractivity contribution < 1.29 is 29.6 Å². The Kier molecular flexibility index (Phi) is 6.49. The van der Waals surface area contributed by atoms with Crippen molar-refractivity contribution in [1.29, 1.82) is 0 Å². The Morgan fingerprint density at radius 3 is 2.65 bits per heavy atom. The summed E-state index contributed by atoms with van der Waals surface area (Å²) in [5.74, 6) is -0.668. The Bertz CT molecular complexity index is 553. The summed E-state index contributed by atoms with van der Waals surface area (Å²) < 4.78 is 10.2. The quantitative estimate of drug-likeness (QED) is 0.396. The van der Waals surface area contributed by atoms with E-state index >= 15 is 0 Å². The summed E-state index contributed by atoms with van der Waals surface area (Å²) in [5.41, 5.74) is 0.996. The molecule has 1 saturated heterocycles. The van der Waals surface area contributed by atoms with Crippen LogP contribution in [-0.4, -0.2) is 58.9 Å². The zero-order valence-electron chi connectivity index (χ0n) is 12.5. The van der Waals surface area contributed by atoms with Crippen LogP contribution < -0.4 is 0 Å². The van der Waals surface area contributed by atoms with E-state index in [-0.39, 0.29) is 6.61 Å². The molecule has 0 radical (unpaired) electrons. The fraction of sp³-hybridized carbons (Fsp3) is 0.353. The first kappa shape index (κ1) is 17.4. The van der Waals surface area contributed by atoms with E-state index < -0.39 is 37.0 Å². The number of hydrogen-bond acceptors (Lipinski definition) is 6. The summed E-state index contributed by atoms with van der Waals surface area (Å²) in [6.07, 6.45) is 2.04. The van der Waals surface area contributed by atoms with Gasteiger partial charge >= 0.3 is 5.97 Å². The summed E-state index contributed by atoms with van der Waals surface area (Å²) in [6, 6.07) is 9.58. The first-order chi connectivity index (χ1) is 11.1. The number of hydrogen-bond donors (Lipinski definition) is 3. The summed E-state index contributed by atoms with van der Waals surface area (Å²) in [7, 11) is 0. The molecule has 4 atom stereocenters. The van der Waals surface area contributed by atoms with Gasteiger partial charge in [-0.2, -0.15) is 0 Å². The number of ether oxygens (including phenoxy) is 2. The van der Waals surface area contributed by atoms with E-state index in [1.54, 1.807) is 6.08 Å². The Hall–Kier alpha value is -1.99. The predicted molar refractivity (Wildman–Crippen MR) is 83.3 cm³/mol. The highest BCUT2D eigenvalue weighted by Crippen LogP contribution is 2.19. The van der Waals surface area contributed by atoms with Crippen molar-refractivity contribution in [2.45, 2.75) is 24.4 Å². The third kappa shape index (κ3) is 5.01. The van der Waals surface area contributed by atoms with E-state index in [0.717, 1.165) is 5.56 Å². The van der Waals surface area contributed by atoms with Gasteiger partial charge in [0.25, 0.3) is 0 Å². The topological polar surface area (TPSA) is 96.2 Å². The normalized spacial score (nSPS) is 26.0. The van der Waals surface area contributed by atoms with Gasteiger partial charge in [0.1, 0.15) is 18.3 Å². The van der Waals surface area contributed by atoms with E-state index in [2.05, 4.69) is 0 Å². The Morgan fingerprint density at radius 1 is 1.30 bits per heavy atom. The van der Waals surface area contributed by atoms with Crippen molar-refractivity contribution in [3.05, 3.63) is 54.1 Å². The molecule has 2 rings (SSSR count). The molecule has 124 valence electrons. The molecule has 1 aromatic rings. The molecule has 0 unspecified atom stereocenters.